The van der Waals surface area contributed by atoms with Gasteiger partial charge in [-0.25, -0.2) is 4.39 Å². The highest BCUT2D eigenvalue weighted by atomic mass is 19.1. The fourth-order valence-electron chi connectivity index (χ4n) is 2.04. The fourth-order valence-corrected chi connectivity index (χ4v) is 2.04. The Hall–Kier alpha value is -1.09. The van der Waals surface area contributed by atoms with Gasteiger partial charge in [0.1, 0.15) is 11.6 Å². The predicted octanol–water partition coefficient (Wildman–Crippen LogP) is 2.85. The van der Waals surface area contributed by atoms with Crippen LogP contribution in [0.2, 0.25) is 0 Å². The number of hydrogen-bond donors (Lipinski definition) is 1. The molecule has 0 saturated heterocycles. The van der Waals surface area contributed by atoms with Crippen LogP contribution in [-0.4, -0.2) is 13.7 Å². The summed E-state index contributed by atoms with van der Waals surface area (Å²) in [6.07, 6.45) is 1.70. The second-order valence-electron chi connectivity index (χ2n) is 4.01. The summed E-state index contributed by atoms with van der Waals surface area (Å²) in [6, 6.07) is 3.04. The number of methoxy groups -OCH3 is 1. The van der Waals surface area contributed by atoms with Crippen molar-refractivity contribution in [1.29, 1.82) is 0 Å². The van der Waals surface area contributed by atoms with Gasteiger partial charge in [0, 0.05) is 6.07 Å². The average molecular weight is 225 g/mol. The summed E-state index contributed by atoms with van der Waals surface area (Å²) < 4.78 is 18.6. The minimum atomic E-state index is -0.243. The van der Waals surface area contributed by atoms with Gasteiger partial charge >= 0.3 is 0 Å². The van der Waals surface area contributed by atoms with Gasteiger partial charge in [0.05, 0.1) is 7.11 Å². The molecule has 0 heterocycles. The molecule has 1 atom stereocenters. The Bertz CT molecular complexity index is 352. The Morgan fingerprint density at radius 1 is 1.44 bits per heavy atom. The molecule has 16 heavy (non-hydrogen) atoms. The molecule has 0 spiro atoms. The van der Waals surface area contributed by atoms with Crippen molar-refractivity contribution >= 4 is 0 Å². The minimum absolute atomic E-state index is 0.243. The zero-order valence-corrected chi connectivity index (χ0v) is 10.2. The number of halogens is 1. The Labute approximate surface area is 96.6 Å². The number of hydrogen-bond acceptors (Lipinski definition) is 2. The van der Waals surface area contributed by atoms with Crippen molar-refractivity contribution in [2.75, 3.05) is 13.7 Å². The molecule has 1 unspecified atom stereocenters. The van der Waals surface area contributed by atoms with Gasteiger partial charge < -0.3 is 10.5 Å². The Morgan fingerprint density at radius 3 is 2.62 bits per heavy atom. The number of nitrogens with two attached hydrogens (primary N) is 1. The highest BCUT2D eigenvalue weighted by Gasteiger charge is 2.15. The van der Waals surface area contributed by atoms with Gasteiger partial charge in [-0.05, 0) is 42.5 Å². The first-order valence-corrected chi connectivity index (χ1v) is 5.70. The van der Waals surface area contributed by atoms with Crippen LogP contribution < -0.4 is 10.5 Å². The maximum absolute atomic E-state index is 13.4. The van der Waals surface area contributed by atoms with Crippen LogP contribution in [0.25, 0.3) is 0 Å². The van der Waals surface area contributed by atoms with E-state index in [2.05, 4.69) is 13.8 Å². The van der Waals surface area contributed by atoms with Gasteiger partial charge in [-0.3, -0.25) is 0 Å². The standard InChI is InChI=1S/C13H20FNO/c1-4-11-12(9(2)5-6-15)7-10(14)8-13(11)16-3/h7-9H,4-6,15H2,1-3H3. The second kappa shape index (κ2) is 5.85. The molecule has 2 N–H and O–H groups in total. The quantitative estimate of drug-likeness (QED) is 0.836. The maximum atomic E-state index is 13.4. The highest BCUT2D eigenvalue weighted by Crippen LogP contribution is 2.31. The third-order valence-electron chi connectivity index (χ3n) is 2.91. The molecule has 0 aliphatic carbocycles. The van der Waals surface area contributed by atoms with E-state index in [0.29, 0.717) is 12.3 Å². The van der Waals surface area contributed by atoms with Crippen molar-refractivity contribution in [2.24, 2.45) is 5.73 Å². The Balaban J connectivity index is 3.19. The number of ether oxygens (including phenoxy) is 1. The molecular formula is C13H20FNO. The molecule has 0 fully saturated rings. The molecule has 0 saturated carbocycles. The topological polar surface area (TPSA) is 35.2 Å². The summed E-state index contributed by atoms with van der Waals surface area (Å²) in [5, 5.41) is 0. The van der Waals surface area contributed by atoms with E-state index in [-0.39, 0.29) is 11.7 Å². The van der Waals surface area contributed by atoms with Crippen LogP contribution in [0, 0.1) is 5.82 Å². The molecule has 1 rings (SSSR count). The largest absolute Gasteiger partial charge is 0.496 e. The first-order chi connectivity index (χ1) is 7.63. The maximum Gasteiger partial charge on any atom is 0.127 e. The van der Waals surface area contributed by atoms with E-state index in [0.717, 1.165) is 24.0 Å². The lowest BCUT2D eigenvalue weighted by Crippen LogP contribution is -2.08. The van der Waals surface area contributed by atoms with Crippen LogP contribution in [-0.2, 0) is 6.42 Å². The fraction of sp³-hybridized carbons (Fsp3) is 0.538. The third kappa shape index (κ3) is 2.73. The van der Waals surface area contributed by atoms with Crippen LogP contribution >= 0.6 is 0 Å². The van der Waals surface area contributed by atoms with Crippen molar-refractivity contribution in [2.45, 2.75) is 32.6 Å². The molecule has 0 bridgehead atoms. The first kappa shape index (κ1) is 13.0. The molecule has 0 aliphatic rings. The summed E-state index contributed by atoms with van der Waals surface area (Å²) in [5.41, 5.74) is 7.65. The van der Waals surface area contributed by atoms with E-state index in [1.807, 2.05) is 0 Å². The third-order valence-corrected chi connectivity index (χ3v) is 2.91. The first-order valence-electron chi connectivity index (χ1n) is 5.70. The molecule has 2 nitrogen and oxygen atoms in total. The molecule has 0 aromatic heterocycles. The van der Waals surface area contributed by atoms with Crippen LogP contribution in [0.1, 0.15) is 37.3 Å². The second-order valence-corrected chi connectivity index (χ2v) is 4.01. The van der Waals surface area contributed by atoms with E-state index >= 15 is 0 Å². The summed E-state index contributed by atoms with van der Waals surface area (Å²) in [6.45, 7) is 4.73. The van der Waals surface area contributed by atoms with Gasteiger partial charge in [-0.15, -0.1) is 0 Å². The zero-order chi connectivity index (χ0) is 12.1. The number of benzene rings is 1. The van der Waals surface area contributed by atoms with Crippen LogP contribution in [0.3, 0.4) is 0 Å². The van der Waals surface area contributed by atoms with Crippen molar-refractivity contribution < 1.29 is 9.13 Å². The lowest BCUT2D eigenvalue weighted by Gasteiger charge is -2.18. The lowest BCUT2D eigenvalue weighted by molar-refractivity contribution is 0.404. The van der Waals surface area contributed by atoms with E-state index in [4.69, 9.17) is 10.5 Å². The van der Waals surface area contributed by atoms with E-state index in [1.54, 1.807) is 13.2 Å². The van der Waals surface area contributed by atoms with Crippen molar-refractivity contribution in [3.05, 3.63) is 29.1 Å². The normalized spacial score (nSPS) is 12.6. The summed E-state index contributed by atoms with van der Waals surface area (Å²) in [5.74, 6) is 0.666. The zero-order valence-electron chi connectivity index (χ0n) is 10.2. The molecule has 3 heteroatoms. The van der Waals surface area contributed by atoms with Crippen LogP contribution in [0.5, 0.6) is 5.75 Å². The molecule has 1 aromatic carbocycles. The average Bonchev–Trinajstić information content (AvgIpc) is 2.28. The molecule has 0 radical (unpaired) electrons. The Kier molecular flexibility index (Phi) is 4.74. The van der Waals surface area contributed by atoms with E-state index in [9.17, 15) is 4.39 Å². The molecule has 90 valence electrons. The van der Waals surface area contributed by atoms with E-state index < -0.39 is 0 Å². The summed E-state index contributed by atoms with van der Waals surface area (Å²) in [7, 11) is 1.57. The van der Waals surface area contributed by atoms with Gasteiger partial charge in [0.15, 0.2) is 0 Å². The van der Waals surface area contributed by atoms with Gasteiger partial charge in [0.2, 0.25) is 0 Å². The summed E-state index contributed by atoms with van der Waals surface area (Å²) >= 11 is 0. The predicted molar refractivity (Wildman–Crippen MR) is 64.4 cm³/mol. The molecule has 0 amide bonds. The molecule has 0 aliphatic heterocycles. The van der Waals surface area contributed by atoms with Crippen molar-refractivity contribution in [3.8, 4) is 5.75 Å². The lowest BCUT2D eigenvalue weighted by atomic mass is 9.91. The van der Waals surface area contributed by atoms with Gasteiger partial charge in [-0.1, -0.05) is 13.8 Å². The van der Waals surface area contributed by atoms with Crippen LogP contribution in [0.15, 0.2) is 12.1 Å². The molecule has 1 aromatic rings. The smallest absolute Gasteiger partial charge is 0.127 e. The van der Waals surface area contributed by atoms with Crippen LogP contribution in [0.4, 0.5) is 4.39 Å². The van der Waals surface area contributed by atoms with Crippen molar-refractivity contribution in [1.82, 2.24) is 0 Å². The monoisotopic (exact) mass is 225 g/mol. The van der Waals surface area contributed by atoms with E-state index in [1.165, 1.54) is 6.07 Å². The van der Waals surface area contributed by atoms with Gasteiger partial charge in [-0.2, -0.15) is 0 Å². The summed E-state index contributed by atoms with van der Waals surface area (Å²) in [4.78, 5) is 0. The number of rotatable bonds is 5. The van der Waals surface area contributed by atoms with Crippen molar-refractivity contribution in [3.63, 3.8) is 0 Å². The SMILES string of the molecule is CCc1c(OC)cc(F)cc1C(C)CCN. The van der Waals surface area contributed by atoms with Gasteiger partial charge in [0.25, 0.3) is 0 Å². The molecular weight excluding hydrogens is 205 g/mol. The Morgan fingerprint density at radius 2 is 2.12 bits per heavy atom. The minimum Gasteiger partial charge on any atom is -0.496 e. The highest BCUT2D eigenvalue weighted by molar-refractivity contribution is 5.42.